The third-order valence-electron chi connectivity index (χ3n) is 2.22. The summed E-state index contributed by atoms with van der Waals surface area (Å²) in [5, 5.41) is 7.34. The van der Waals surface area contributed by atoms with Gasteiger partial charge in [0.05, 0.1) is 11.5 Å². The molecule has 0 amide bonds. The Morgan fingerprint density at radius 3 is 2.94 bits per heavy atom. The first kappa shape index (κ1) is 11.4. The van der Waals surface area contributed by atoms with E-state index in [9.17, 15) is 13.2 Å². The molecule has 1 aromatic rings. The standard InChI is InChI=1S/C7H10N4O3S2/c8-11-6(12)3-9-10-7(11)15-5-1-2-16(13,14)4-5/h3,5H,1-2,4,8H2. The van der Waals surface area contributed by atoms with Crippen molar-refractivity contribution in [1.82, 2.24) is 14.9 Å². The van der Waals surface area contributed by atoms with Crippen LogP contribution in [-0.2, 0) is 9.84 Å². The van der Waals surface area contributed by atoms with Crippen molar-refractivity contribution in [3.8, 4) is 0 Å². The van der Waals surface area contributed by atoms with Crippen molar-refractivity contribution >= 4 is 21.6 Å². The molecular weight excluding hydrogens is 252 g/mol. The van der Waals surface area contributed by atoms with Crippen LogP contribution in [0, 0.1) is 0 Å². The number of nitrogens with two attached hydrogens (primary N) is 1. The highest BCUT2D eigenvalue weighted by Gasteiger charge is 2.29. The van der Waals surface area contributed by atoms with Gasteiger partial charge in [-0.05, 0) is 6.42 Å². The van der Waals surface area contributed by atoms with Crippen molar-refractivity contribution in [2.24, 2.45) is 0 Å². The first-order valence-electron chi connectivity index (χ1n) is 4.55. The van der Waals surface area contributed by atoms with E-state index in [1.165, 1.54) is 11.8 Å². The maximum atomic E-state index is 11.2. The van der Waals surface area contributed by atoms with Crippen LogP contribution < -0.4 is 11.4 Å². The number of thioether (sulfide) groups is 1. The Kier molecular flexibility index (Phi) is 2.89. The van der Waals surface area contributed by atoms with Crippen LogP contribution >= 0.6 is 11.8 Å². The minimum Gasteiger partial charge on any atom is -0.334 e. The number of rotatable bonds is 2. The SMILES string of the molecule is Nn1c(SC2CCS(=O)(=O)C2)nncc1=O. The largest absolute Gasteiger partial charge is 0.334 e. The van der Waals surface area contributed by atoms with Gasteiger partial charge in [-0.1, -0.05) is 11.8 Å². The number of hydrogen-bond acceptors (Lipinski definition) is 7. The zero-order chi connectivity index (χ0) is 11.8. The van der Waals surface area contributed by atoms with Gasteiger partial charge in [-0.3, -0.25) is 4.79 Å². The summed E-state index contributed by atoms with van der Waals surface area (Å²) in [6.07, 6.45) is 1.56. The molecule has 0 aliphatic carbocycles. The van der Waals surface area contributed by atoms with E-state index >= 15 is 0 Å². The number of aromatic nitrogens is 3. The van der Waals surface area contributed by atoms with Crippen LogP contribution in [0.3, 0.4) is 0 Å². The molecule has 7 nitrogen and oxygen atoms in total. The molecule has 1 atom stereocenters. The van der Waals surface area contributed by atoms with E-state index in [1.54, 1.807) is 0 Å². The number of nitrogens with zero attached hydrogens (tertiary/aromatic N) is 3. The smallest absolute Gasteiger partial charge is 0.291 e. The lowest BCUT2D eigenvalue weighted by Gasteiger charge is -2.08. The highest BCUT2D eigenvalue weighted by Crippen LogP contribution is 2.28. The van der Waals surface area contributed by atoms with Crippen molar-refractivity contribution < 1.29 is 8.42 Å². The second kappa shape index (κ2) is 4.06. The molecule has 0 bridgehead atoms. The highest BCUT2D eigenvalue weighted by atomic mass is 32.2. The number of sulfone groups is 1. The van der Waals surface area contributed by atoms with Crippen LogP contribution in [0.2, 0.25) is 0 Å². The normalized spacial score (nSPS) is 23.4. The molecule has 1 saturated heterocycles. The molecule has 0 aromatic carbocycles. The van der Waals surface area contributed by atoms with E-state index in [1.807, 2.05) is 0 Å². The summed E-state index contributed by atoms with van der Waals surface area (Å²) in [5.74, 6) is 5.74. The Hall–Kier alpha value is -1.09. The molecule has 0 spiro atoms. The van der Waals surface area contributed by atoms with Gasteiger partial charge in [0.1, 0.15) is 6.20 Å². The summed E-state index contributed by atoms with van der Waals surface area (Å²) in [4.78, 5) is 11.1. The van der Waals surface area contributed by atoms with Crippen LogP contribution in [0.5, 0.6) is 0 Å². The van der Waals surface area contributed by atoms with Gasteiger partial charge >= 0.3 is 0 Å². The molecule has 1 aromatic heterocycles. The van der Waals surface area contributed by atoms with Crippen molar-refractivity contribution in [1.29, 1.82) is 0 Å². The van der Waals surface area contributed by atoms with Crippen LogP contribution in [0.1, 0.15) is 6.42 Å². The lowest BCUT2D eigenvalue weighted by atomic mass is 10.4. The minimum absolute atomic E-state index is 0.0996. The molecule has 1 aliphatic rings. The molecule has 1 aliphatic heterocycles. The second-order valence-corrected chi connectivity index (χ2v) is 6.97. The number of nitrogen functional groups attached to an aromatic ring is 1. The maximum absolute atomic E-state index is 11.2. The van der Waals surface area contributed by atoms with Gasteiger partial charge in [0.15, 0.2) is 9.84 Å². The zero-order valence-electron chi connectivity index (χ0n) is 8.24. The quantitative estimate of drug-likeness (QED) is 0.655. The van der Waals surface area contributed by atoms with Gasteiger partial charge in [-0.25, -0.2) is 8.42 Å². The monoisotopic (exact) mass is 262 g/mol. The Bertz CT molecular complexity index is 553. The molecule has 0 saturated carbocycles. The Morgan fingerprint density at radius 2 is 2.31 bits per heavy atom. The molecule has 1 fully saturated rings. The Balaban J connectivity index is 2.17. The lowest BCUT2D eigenvalue weighted by molar-refractivity contribution is 0.602. The summed E-state index contributed by atoms with van der Waals surface area (Å²) in [7, 11) is -2.94. The third kappa shape index (κ3) is 2.35. The fourth-order valence-corrected chi connectivity index (χ4v) is 4.83. The Labute approximate surface area is 95.9 Å². The third-order valence-corrected chi connectivity index (χ3v) is 5.42. The number of hydrogen-bond donors (Lipinski definition) is 1. The van der Waals surface area contributed by atoms with Crippen molar-refractivity contribution in [2.75, 3.05) is 17.3 Å². The molecule has 1 unspecified atom stereocenters. The molecule has 2 heterocycles. The minimum atomic E-state index is -2.94. The predicted molar refractivity (Wildman–Crippen MR) is 59.4 cm³/mol. The van der Waals surface area contributed by atoms with E-state index in [0.717, 1.165) is 10.9 Å². The molecule has 9 heteroatoms. The van der Waals surface area contributed by atoms with E-state index in [4.69, 9.17) is 5.84 Å². The van der Waals surface area contributed by atoms with Gasteiger partial charge in [0.2, 0.25) is 5.16 Å². The lowest BCUT2D eigenvalue weighted by Crippen LogP contribution is -2.30. The second-order valence-electron chi connectivity index (χ2n) is 3.48. The zero-order valence-corrected chi connectivity index (χ0v) is 9.87. The van der Waals surface area contributed by atoms with Crippen LogP contribution in [0.15, 0.2) is 16.1 Å². The summed E-state index contributed by atoms with van der Waals surface area (Å²) >= 11 is 1.18. The summed E-state index contributed by atoms with van der Waals surface area (Å²) < 4.78 is 23.3. The molecule has 2 N–H and O–H groups in total. The van der Waals surface area contributed by atoms with Crippen molar-refractivity contribution in [2.45, 2.75) is 16.8 Å². The Morgan fingerprint density at radius 1 is 1.56 bits per heavy atom. The van der Waals surface area contributed by atoms with Gasteiger partial charge in [-0.15, -0.1) is 5.10 Å². The van der Waals surface area contributed by atoms with Crippen LogP contribution in [-0.4, -0.2) is 40.0 Å². The van der Waals surface area contributed by atoms with Gasteiger partial charge in [-0.2, -0.15) is 9.77 Å². The summed E-state index contributed by atoms with van der Waals surface area (Å²) in [6, 6.07) is 0. The van der Waals surface area contributed by atoms with Crippen molar-refractivity contribution in [3.63, 3.8) is 0 Å². The summed E-state index contributed by atoms with van der Waals surface area (Å²) in [6.45, 7) is 0. The van der Waals surface area contributed by atoms with E-state index in [2.05, 4.69) is 10.2 Å². The first-order valence-corrected chi connectivity index (χ1v) is 7.25. The van der Waals surface area contributed by atoms with Gasteiger partial charge in [0.25, 0.3) is 5.56 Å². The first-order chi connectivity index (χ1) is 7.48. The van der Waals surface area contributed by atoms with E-state index in [0.29, 0.717) is 6.42 Å². The van der Waals surface area contributed by atoms with Crippen LogP contribution in [0.4, 0.5) is 0 Å². The van der Waals surface area contributed by atoms with Crippen LogP contribution in [0.25, 0.3) is 0 Å². The molecular formula is C7H10N4O3S2. The topological polar surface area (TPSA) is 108 Å². The van der Waals surface area contributed by atoms with E-state index in [-0.39, 0.29) is 21.9 Å². The molecule has 16 heavy (non-hydrogen) atoms. The van der Waals surface area contributed by atoms with Gasteiger partial charge < -0.3 is 5.84 Å². The molecule has 2 rings (SSSR count). The maximum Gasteiger partial charge on any atom is 0.291 e. The summed E-state index contributed by atoms with van der Waals surface area (Å²) in [5.41, 5.74) is -0.460. The fraction of sp³-hybridized carbons (Fsp3) is 0.571. The molecule has 88 valence electrons. The fourth-order valence-electron chi connectivity index (χ4n) is 1.42. The van der Waals surface area contributed by atoms with Crippen molar-refractivity contribution in [3.05, 3.63) is 16.6 Å². The highest BCUT2D eigenvalue weighted by molar-refractivity contribution is 8.01. The predicted octanol–water partition coefficient (Wildman–Crippen LogP) is -1.37. The average molecular weight is 262 g/mol. The molecule has 0 radical (unpaired) electrons. The van der Waals surface area contributed by atoms with Gasteiger partial charge in [0, 0.05) is 5.25 Å². The van der Waals surface area contributed by atoms with E-state index < -0.39 is 15.4 Å². The average Bonchev–Trinajstić information content (AvgIpc) is 2.53.